The number of pyridine rings is 1. The first-order valence-corrected chi connectivity index (χ1v) is 9.57. The fourth-order valence-electron chi connectivity index (χ4n) is 3.99. The summed E-state index contributed by atoms with van der Waals surface area (Å²) < 4.78 is 8.42. The fraction of sp³-hybridized carbons (Fsp3) is 0.0769. The van der Waals surface area contributed by atoms with Crippen molar-refractivity contribution in [3.8, 4) is 28.5 Å². The van der Waals surface area contributed by atoms with E-state index in [-0.39, 0.29) is 0 Å². The Bertz CT molecular complexity index is 1420. The minimum Gasteiger partial charge on any atom is -0.455 e. The lowest BCUT2D eigenvalue weighted by Gasteiger charge is -2.07. The molecular weight excluding hydrogens is 356 g/mol. The molecule has 0 saturated heterocycles. The highest BCUT2D eigenvalue weighted by molar-refractivity contribution is 6.09. The van der Waals surface area contributed by atoms with Gasteiger partial charge in [-0.3, -0.25) is 0 Å². The Balaban J connectivity index is 1.74. The Morgan fingerprint density at radius 3 is 2.41 bits per heavy atom. The van der Waals surface area contributed by atoms with Crippen molar-refractivity contribution in [2.24, 2.45) is 7.05 Å². The van der Waals surface area contributed by atoms with Crippen LogP contribution in [0.15, 0.2) is 83.4 Å². The summed E-state index contributed by atoms with van der Waals surface area (Å²) in [5.74, 6) is 0. The lowest BCUT2D eigenvalue weighted by molar-refractivity contribution is -0.659. The Kier molecular flexibility index (Phi) is 3.93. The van der Waals surface area contributed by atoms with Crippen LogP contribution in [-0.4, -0.2) is 0 Å². The maximum Gasteiger partial charge on any atom is 0.216 e. The molecule has 0 N–H and O–H groups in total. The molecular formula is C26H19N2O+. The second-order valence-corrected chi connectivity index (χ2v) is 7.34. The maximum atomic E-state index is 9.21. The van der Waals surface area contributed by atoms with Crippen LogP contribution in [0, 0.1) is 18.3 Å². The van der Waals surface area contributed by atoms with Gasteiger partial charge >= 0.3 is 0 Å². The number of nitrogens with zero attached hydrogens (tertiary/aromatic N) is 2. The van der Waals surface area contributed by atoms with Crippen molar-refractivity contribution >= 4 is 21.9 Å². The van der Waals surface area contributed by atoms with Gasteiger partial charge in [0.15, 0.2) is 6.20 Å². The Hall–Kier alpha value is -3.90. The van der Waals surface area contributed by atoms with Crippen molar-refractivity contribution in [2.45, 2.75) is 6.92 Å². The molecule has 0 aliphatic heterocycles. The third-order valence-corrected chi connectivity index (χ3v) is 5.48. The predicted octanol–water partition coefficient (Wildman–Crippen LogP) is 5.92. The van der Waals surface area contributed by atoms with Crippen LogP contribution in [0.4, 0.5) is 0 Å². The van der Waals surface area contributed by atoms with Crippen LogP contribution in [0.2, 0.25) is 0 Å². The van der Waals surface area contributed by atoms with E-state index >= 15 is 0 Å². The number of hydrogen-bond donors (Lipinski definition) is 0. The number of rotatable bonds is 2. The van der Waals surface area contributed by atoms with Crippen molar-refractivity contribution in [2.75, 3.05) is 0 Å². The Labute approximate surface area is 169 Å². The Morgan fingerprint density at radius 2 is 1.66 bits per heavy atom. The average Bonchev–Trinajstić information content (AvgIpc) is 3.12. The van der Waals surface area contributed by atoms with Gasteiger partial charge in [-0.05, 0) is 42.3 Å². The highest BCUT2D eigenvalue weighted by Crippen LogP contribution is 2.37. The van der Waals surface area contributed by atoms with E-state index in [4.69, 9.17) is 4.42 Å². The van der Waals surface area contributed by atoms with Crippen LogP contribution >= 0.6 is 0 Å². The molecule has 2 aromatic heterocycles. The Morgan fingerprint density at radius 1 is 0.862 bits per heavy atom. The third kappa shape index (κ3) is 2.78. The number of benzene rings is 3. The summed E-state index contributed by atoms with van der Waals surface area (Å²) in [5, 5.41) is 11.3. The van der Waals surface area contributed by atoms with Crippen LogP contribution in [-0.2, 0) is 7.05 Å². The van der Waals surface area contributed by atoms with E-state index < -0.39 is 0 Å². The van der Waals surface area contributed by atoms with Crippen LogP contribution < -0.4 is 4.57 Å². The van der Waals surface area contributed by atoms with Crippen molar-refractivity contribution in [3.05, 3.63) is 90.1 Å². The van der Waals surface area contributed by atoms with E-state index in [1.165, 1.54) is 11.1 Å². The number of nitriles is 1. The minimum atomic E-state index is 0.604. The summed E-state index contributed by atoms with van der Waals surface area (Å²) in [6.45, 7) is 2.10. The number of aryl methyl sites for hydroxylation is 2. The standard InChI is InChI=1S/C26H19N2O/c1-17-8-11-22-21-12-9-18(15-27)14-24(21)29-26(22)25(17)23-13-10-20(16-28(23)2)19-6-4-3-5-7-19/h3-14,16H,1-2H3/q+1. The van der Waals surface area contributed by atoms with E-state index in [0.29, 0.717) is 5.56 Å². The van der Waals surface area contributed by atoms with Gasteiger partial charge in [-0.1, -0.05) is 42.5 Å². The first-order valence-electron chi connectivity index (χ1n) is 9.57. The molecule has 2 heterocycles. The second kappa shape index (κ2) is 6.61. The molecule has 0 bridgehead atoms. The molecule has 138 valence electrons. The number of fused-ring (bicyclic) bond motifs is 3. The highest BCUT2D eigenvalue weighted by Gasteiger charge is 2.21. The molecule has 3 aromatic carbocycles. The largest absolute Gasteiger partial charge is 0.455 e. The van der Waals surface area contributed by atoms with Crippen LogP contribution in [0.3, 0.4) is 0 Å². The van der Waals surface area contributed by atoms with Gasteiger partial charge in [0, 0.05) is 22.4 Å². The zero-order valence-electron chi connectivity index (χ0n) is 16.3. The molecule has 0 amide bonds. The molecule has 0 atom stereocenters. The lowest BCUT2D eigenvalue weighted by atomic mass is 9.99. The first-order chi connectivity index (χ1) is 14.2. The molecule has 0 radical (unpaired) electrons. The number of aromatic nitrogens is 1. The van der Waals surface area contributed by atoms with Gasteiger partial charge in [0.05, 0.1) is 17.2 Å². The van der Waals surface area contributed by atoms with Crippen molar-refractivity contribution < 1.29 is 8.98 Å². The topological polar surface area (TPSA) is 40.8 Å². The molecule has 0 saturated carbocycles. The number of furan rings is 1. The molecule has 0 aliphatic carbocycles. The molecule has 0 spiro atoms. The smallest absolute Gasteiger partial charge is 0.216 e. The molecule has 3 nitrogen and oxygen atoms in total. The summed E-state index contributed by atoms with van der Waals surface area (Å²) in [6.07, 6.45) is 2.15. The normalized spacial score (nSPS) is 11.1. The summed E-state index contributed by atoms with van der Waals surface area (Å²) in [4.78, 5) is 0. The summed E-state index contributed by atoms with van der Waals surface area (Å²) in [6, 6.07) is 26.7. The van der Waals surface area contributed by atoms with Gasteiger partial charge < -0.3 is 4.42 Å². The van der Waals surface area contributed by atoms with Crippen LogP contribution in [0.5, 0.6) is 0 Å². The monoisotopic (exact) mass is 375 g/mol. The summed E-state index contributed by atoms with van der Waals surface area (Å²) >= 11 is 0. The molecule has 3 heteroatoms. The molecule has 0 unspecified atom stereocenters. The predicted molar refractivity (Wildman–Crippen MR) is 115 cm³/mol. The quantitative estimate of drug-likeness (QED) is 0.359. The van der Waals surface area contributed by atoms with Gasteiger partial charge in [0.1, 0.15) is 18.2 Å². The van der Waals surface area contributed by atoms with Crippen molar-refractivity contribution in [3.63, 3.8) is 0 Å². The van der Waals surface area contributed by atoms with Gasteiger partial charge in [-0.2, -0.15) is 5.26 Å². The minimum absolute atomic E-state index is 0.604. The van der Waals surface area contributed by atoms with E-state index in [1.54, 1.807) is 0 Å². The molecule has 5 rings (SSSR count). The average molecular weight is 375 g/mol. The van der Waals surface area contributed by atoms with Gasteiger partial charge in [-0.25, -0.2) is 4.57 Å². The molecule has 5 aromatic rings. The zero-order valence-corrected chi connectivity index (χ0v) is 16.3. The van der Waals surface area contributed by atoms with Gasteiger partial charge in [0.2, 0.25) is 5.69 Å². The van der Waals surface area contributed by atoms with E-state index in [1.807, 2.05) is 24.3 Å². The summed E-state index contributed by atoms with van der Waals surface area (Å²) in [7, 11) is 2.07. The summed E-state index contributed by atoms with van der Waals surface area (Å²) in [5.41, 5.74) is 7.90. The zero-order chi connectivity index (χ0) is 20.0. The van der Waals surface area contributed by atoms with Crippen LogP contribution in [0.25, 0.3) is 44.3 Å². The van der Waals surface area contributed by atoms with Crippen molar-refractivity contribution in [1.29, 1.82) is 5.26 Å². The van der Waals surface area contributed by atoms with Crippen molar-refractivity contribution in [1.82, 2.24) is 0 Å². The molecule has 0 aliphatic rings. The van der Waals surface area contributed by atoms with Gasteiger partial charge in [-0.15, -0.1) is 0 Å². The second-order valence-electron chi connectivity index (χ2n) is 7.34. The third-order valence-electron chi connectivity index (χ3n) is 5.48. The van der Waals surface area contributed by atoms with E-state index in [9.17, 15) is 5.26 Å². The van der Waals surface area contributed by atoms with Crippen LogP contribution in [0.1, 0.15) is 11.1 Å². The molecule has 29 heavy (non-hydrogen) atoms. The van der Waals surface area contributed by atoms with E-state index in [0.717, 1.165) is 38.8 Å². The highest BCUT2D eigenvalue weighted by atomic mass is 16.3. The number of hydrogen-bond acceptors (Lipinski definition) is 2. The van der Waals surface area contributed by atoms with Gasteiger partial charge in [0.25, 0.3) is 0 Å². The SMILES string of the molecule is Cc1ccc2c(oc3cc(C#N)ccc32)c1-c1ccc(-c2ccccc2)c[n+]1C. The lowest BCUT2D eigenvalue weighted by Crippen LogP contribution is -2.30. The molecule has 0 fully saturated rings. The van der Waals surface area contributed by atoms with E-state index in [2.05, 4.69) is 79.3 Å². The maximum absolute atomic E-state index is 9.21. The fourth-order valence-corrected chi connectivity index (χ4v) is 3.99. The first kappa shape index (κ1) is 17.2.